The molecule has 116 valence electrons. The number of halogens is 1. The van der Waals surface area contributed by atoms with Gasteiger partial charge >= 0.3 is 0 Å². The van der Waals surface area contributed by atoms with E-state index in [0.717, 1.165) is 30.4 Å². The van der Waals surface area contributed by atoms with Crippen LogP contribution in [0.15, 0.2) is 36.7 Å². The molecule has 2 aromatic rings. The molecule has 1 aromatic heterocycles. The van der Waals surface area contributed by atoms with E-state index in [2.05, 4.69) is 10.4 Å². The Bertz CT molecular complexity index is 673. The normalized spacial score (nSPS) is 17.6. The van der Waals surface area contributed by atoms with E-state index in [0.29, 0.717) is 5.02 Å². The zero-order chi connectivity index (χ0) is 15.7. The summed E-state index contributed by atoms with van der Waals surface area (Å²) in [5.41, 5.74) is 1.67. The third kappa shape index (κ3) is 2.63. The van der Waals surface area contributed by atoms with Gasteiger partial charge in [0.25, 0.3) is 0 Å². The summed E-state index contributed by atoms with van der Waals surface area (Å²) in [5.74, 6) is 0.0948. The van der Waals surface area contributed by atoms with Gasteiger partial charge in [0.05, 0.1) is 17.7 Å². The zero-order valence-electron chi connectivity index (χ0n) is 12.8. The Morgan fingerprint density at radius 3 is 2.55 bits per heavy atom. The maximum Gasteiger partial charge on any atom is 0.231 e. The number of nitrogens with one attached hydrogen (secondary N) is 1. The summed E-state index contributed by atoms with van der Waals surface area (Å²) in [7, 11) is 1.87. The lowest BCUT2D eigenvalue weighted by molar-refractivity contribution is -0.130. The molecule has 5 heteroatoms. The summed E-state index contributed by atoms with van der Waals surface area (Å²) >= 11 is 5.96. The molecule has 1 heterocycles. The van der Waals surface area contributed by atoms with E-state index in [-0.39, 0.29) is 11.9 Å². The zero-order valence-corrected chi connectivity index (χ0v) is 13.6. The molecule has 0 bridgehead atoms. The molecular weight excluding hydrogens is 298 g/mol. The summed E-state index contributed by atoms with van der Waals surface area (Å²) in [5, 5.41) is 8.00. The third-order valence-electron chi connectivity index (χ3n) is 4.61. The molecule has 1 aliphatic carbocycles. The molecule has 4 nitrogen and oxygen atoms in total. The van der Waals surface area contributed by atoms with Crippen molar-refractivity contribution < 1.29 is 4.79 Å². The Hall–Kier alpha value is -1.81. The van der Waals surface area contributed by atoms with E-state index in [4.69, 9.17) is 11.6 Å². The van der Waals surface area contributed by atoms with Crippen molar-refractivity contribution in [2.75, 3.05) is 0 Å². The summed E-state index contributed by atoms with van der Waals surface area (Å²) in [4.78, 5) is 12.9. The van der Waals surface area contributed by atoms with Crippen LogP contribution in [0.1, 0.15) is 43.4 Å². The minimum Gasteiger partial charge on any atom is -0.349 e. The van der Waals surface area contributed by atoms with Gasteiger partial charge in [0.1, 0.15) is 0 Å². The summed E-state index contributed by atoms with van der Waals surface area (Å²) in [6.45, 7) is 1.99. The van der Waals surface area contributed by atoms with E-state index < -0.39 is 5.41 Å². The van der Waals surface area contributed by atoms with Crippen molar-refractivity contribution in [2.45, 2.75) is 37.6 Å². The molecule has 1 aliphatic rings. The molecule has 0 spiro atoms. The van der Waals surface area contributed by atoms with Gasteiger partial charge in [-0.3, -0.25) is 9.48 Å². The quantitative estimate of drug-likeness (QED) is 0.939. The molecule has 1 saturated carbocycles. The van der Waals surface area contributed by atoms with Gasteiger partial charge in [-0.15, -0.1) is 0 Å². The smallest absolute Gasteiger partial charge is 0.231 e. The highest BCUT2D eigenvalue weighted by atomic mass is 35.5. The van der Waals surface area contributed by atoms with E-state index in [1.807, 2.05) is 44.4 Å². The number of carbonyl (C=O) groups is 1. The summed E-state index contributed by atoms with van der Waals surface area (Å²) in [6, 6.07) is 7.60. The fourth-order valence-electron chi connectivity index (χ4n) is 3.03. The minimum atomic E-state index is -0.402. The van der Waals surface area contributed by atoms with E-state index in [9.17, 15) is 4.79 Å². The van der Waals surface area contributed by atoms with Crippen LogP contribution in [-0.4, -0.2) is 15.7 Å². The largest absolute Gasteiger partial charge is 0.349 e. The third-order valence-corrected chi connectivity index (χ3v) is 4.86. The molecule has 1 fully saturated rings. The lowest BCUT2D eigenvalue weighted by Crippen LogP contribution is -2.49. The fourth-order valence-corrected chi connectivity index (χ4v) is 3.15. The molecule has 22 heavy (non-hydrogen) atoms. The second-order valence-electron chi connectivity index (χ2n) is 6.09. The van der Waals surface area contributed by atoms with Crippen molar-refractivity contribution in [1.29, 1.82) is 0 Å². The molecule has 0 radical (unpaired) electrons. The van der Waals surface area contributed by atoms with Gasteiger partial charge in [-0.25, -0.2) is 0 Å². The summed E-state index contributed by atoms with van der Waals surface area (Å²) < 4.78 is 1.75. The maximum absolute atomic E-state index is 12.9. The highest BCUT2D eigenvalue weighted by Gasteiger charge is 2.45. The molecular formula is C17H20ClN3O. The standard InChI is InChI=1S/C17H20ClN3O/c1-12(13-10-19-21(2)11-13)20-16(22)17(8-3-9-17)14-4-6-15(18)7-5-14/h4-7,10-12H,3,8-9H2,1-2H3,(H,20,22). The second-order valence-corrected chi connectivity index (χ2v) is 6.52. The van der Waals surface area contributed by atoms with Crippen LogP contribution in [0.4, 0.5) is 0 Å². The number of aryl methyl sites for hydroxylation is 1. The van der Waals surface area contributed by atoms with Crippen LogP contribution in [0.3, 0.4) is 0 Å². The predicted molar refractivity (Wildman–Crippen MR) is 86.7 cm³/mol. The Morgan fingerprint density at radius 2 is 2.05 bits per heavy atom. The first kappa shape index (κ1) is 15.1. The van der Waals surface area contributed by atoms with Gasteiger partial charge in [-0.2, -0.15) is 5.10 Å². The number of amides is 1. The van der Waals surface area contributed by atoms with E-state index in [1.54, 1.807) is 10.9 Å². The highest BCUT2D eigenvalue weighted by Crippen LogP contribution is 2.44. The van der Waals surface area contributed by atoms with Crippen molar-refractivity contribution in [3.63, 3.8) is 0 Å². The Labute approximate surface area is 135 Å². The predicted octanol–water partition coefficient (Wildman–Crippen LogP) is 3.37. The van der Waals surface area contributed by atoms with Crippen molar-refractivity contribution in [1.82, 2.24) is 15.1 Å². The Morgan fingerprint density at radius 1 is 1.36 bits per heavy atom. The minimum absolute atomic E-state index is 0.0500. The Balaban J connectivity index is 1.78. The number of hydrogen-bond acceptors (Lipinski definition) is 2. The second kappa shape index (κ2) is 5.76. The van der Waals surface area contributed by atoms with Crippen LogP contribution < -0.4 is 5.32 Å². The Kier molecular flexibility index (Phi) is 3.96. The topological polar surface area (TPSA) is 46.9 Å². The van der Waals surface area contributed by atoms with Crippen LogP contribution in [-0.2, 0) is 17.3 Å². The highest BCUT2D eigenvalue weighted by molar-refractivity contribution is 6.30. The van der Waals surface area contributed by atoms with Crippen molar-refractivity contribution >= 4 is 17.5 Å². The lowest BCUT2D eigenvalue weighted by Gasteiger charge is -2.41. The molecule has 0 saturated heterocycles. The molecule has 3 rings (SSSR count). The SMILES string of the molecule is CC(NC(=O)C1(c2ccc(Cl)cc2)CCC1)c1cnn(C)c1. The van der Waals surface area contributed by atoms with Crippen LogP contribution in [0, 0.1) is 0 Å². The molecule has 1 aromatic carbocycles. The molecule has 0 aliphatic heterocycles. The van der Waals surface area contributed by atoms with Gasteiger partial charge in [0.2, 0.25) is 5.91 Å². The van der Waals surface area contributed by atoms with Crippen LogP contribution >= 0.6 is 11.6 Å². The number of carbonyl (C=O) groups excluding carboxylic acids is 1. The van der Waals surface area contributed by atoms with Gasteiger partial charge in [-0.05, 0) is 37.5 Å². The number of aromatic nitrogens is 2. The van der Waals surface area contributed by atoms with Crippen LogP contribution in [0.25, 0.3) is 0 Å². The first-order chi connectivity index (χ1) is 10.5. The van der Waals surface area contributed by atoms with Crippen molar-refractivity contribution in [3.05, 3.63) is 52.8 Å². The van der Waals surface area contributed by atoms with Gasteiger partial charge in [0, 0.05) is 23.8 Å². The monoisotopic (exact) mass is 317 g/mol. The molecule has 1 amide bonds. The number of nitrogens with zero attached hydrogens (tertiary/aromatic N) is 2. The molecule has 1 N–H and O–H groups in total. The van der Waals surface area contributed by atoms with Crippen molar-refractivity contribution in [3.8, 4) is 0 Å². The van der Waals surface area contributed by atoms with Gasteiger partial charge in [-0.1, -0.05) is 30.2 Å². The first-order valence-corrected chi connectivity index (χ1v) is 7.95. The maximum atomic E-state index is 12.9. The lowest BCUT2D eigenvalue weighted by atomic mass is 9.63. The average molecular weight is 318 g/mol. The van der Waals surface area contributed by atoms with Crippen LogP contribution in [0.5, 0.6) is 0 Å². The number of benzene rings is 1. The van der Waals surface area contributed by atoms with E-state index >= 15 is 0 Å². The van der Waals surface area contributed by atoms with E-state index in [1.165, 1.54) is 0 Å². The fraction of sp³-hybridized carbons (Fsp3) is 0.412. The first-order valence-electron chi connectivity index (χ1n) is 7.57. The average Bonchev–Trinajstić information content (AvgIpc) is 2.86. The number of hydrogen-bond donors (Lipinski definition) is 1. The molecule has 1 atom stereocenters. The summed E-state index contributed by atoms with van der Waals surface area (Å²) in [6.07, 6.45) is 6.58. The van der Waals surface area contributed by atoms with Crippen LogP contribution in [0.2, 0.25) is 5.02 Å². The molecule has 1 unspecified atom stereocenters. The van der Waals surface area contributed by atoms with Gasteiger partial charge < -0.3 is 5.32 Å². The van der Waals surface area contributed by atoms with Gasteiger partial charge in [0.15, 0.2) is 0 Å². The number of rotatable bonds is 4. The van der Waals surface area contributed by atoms with Crippen molar-refractivity contribution in [2.24, 2.45) is 7.05 Å².